The molecule has 0 aliphatic heterocycles. The maximum absolute atomic E-state index is 12.2. The number of anilines is 1. The molecule has 2 aromatic carbocycles. The molecule has 0 aliphatic rings. The fourth-order valence-corrected chi connectivity index (χ4v) is 4.24. The van der Waals surface area contributed by atoms with Crippen molar-refractivity contribution in [3.05, 3.63) is 58.9 Å². The first-order valence-electron chi connectivity index (χ1n) is 9.52. The Kier molecular flexibility index (Phi) is 4.95. The van der Waals surface area contributed by atoms with Crippen LogP contribution in [-0.2, 0) is 0 Å². The van der Waals surface area contributed by atoms with Crippen molar-refractivity contribution in [3.63, 3.8) is 0 Å². The summed E-state index contributed by atoms with van der Waals surface area (Å²) in [6.45, 7) is 4.06. The van der Waals surface area contributed by atoms with Crippen LogP contribution >= 0.6 is 11.6 Å². The van der Waals surface area contributed by atoms with Crippen molar-refractivity contribution < 1.29 is 14.6 Å². The summed E-state index contributed by atoms with van der Waals surface area (Å²) < 4.78 is 5.25. The van der Waals surface area contributed by atoms with E-state index in [4.69, 9.17) is 22.1 Å². The average Bonchev–Trinajstić information content (AvgIpc) is 3.33. The quantitative estimate of drug-likeness (QED) is 0.300. The molecule has 5 N–H and O–H groups in total. The van der Waals surface area contributed by atoms with Crippen LogP contribution < -0.4 is 10.5 Å². The Morgan fingerprint density at radius 1 is 1.20 bits per heavy atom. The van der Waals surface area contributed by atoms with Crippen LogP contribution in [0.2, 0.25) is 5.02 Å². The molecular weight excluding hydrogens is 402 g/mol. The number of aromatic carboxylic acids is 1. The van der Waals surface area contributed by atoms with Gasteiger partial charge in [-0.1, -0.05) is 37.6 Å². The molecule has 0 radical (unpaired) electrons. The molecule has 0 saturated heterocycles. The van der Waals surface area contributed by atoms with Crippen LogP contribution in [0.1, 0.15) is 35.8 Å². The number of hydrogen-bond acceptors (Lipinski definition) is 3. The van der Waals surface area contributed by atoms with Crippen molar-refractivity contribution in [1.82, 2.24) is 9.97 Å². The highest BCUT2D eigenvalue weighted by atomic mass is 35.5. The van der Waals surface area contributed by atoms with Gasteiger partial charge >= 0.3 is 5.97 Å². The number of rotatable bonds is 5. The second kappa shape index (κ2) is 7.46. The Morgan fingerprint density at radius 3 is 2.63 bits per heavy atom. The minimum Gasteiger partial charge on any atom is -0.495 e. The molecule has 2 aromatic heterocycles. The van der Waals surface area contributed by atoms with E-state index in [2.05, 4.69) is 9.97 Å². The highest BCUT2D eigenvalue weighted by Crippen LogP contribution is 2.45. The van der Waals surface area contributed by atoms with Crippen LogP contribution in [0.5, 0.6) is 5.75 Å². The highest BCUT2D eigenvalue weighted by Gasteiger charge is 2.28. The van der Waals surface area contributed by atoms with Crippen LogP contribution in [0.4, 0.5) is 5.69 Å². The number of methoxy groups -OCH3 is 1. The lowest BCUT2D eigenvalue weighted by atomic mass is 9.90. The van der Waals surface area contributed by atoms with Crippen LogP contribution in [-0.4, -0.2) is 28.2 Å². The third-order valence-corrected chi connectivity index (χ3v) is 5.60. The van der Waals surface area contributed by atoms with Gasteiger partial charge in [0.15, 0.2) is 0 Å². The van der Waals surface area contributed by atoms with E-state index in [1.165, 1.54) is 7.11 Å². The normalized spacial score (nSPS) is 11.4. The molecule has 0 amide bonds. The summed E-state index contributed by atoms with van der Waals surface area (Å²) in [4.78, 5) is 18.6. The van der Waals surface area contributed by atoms with Gasteiger partial charge in [0.05, 0.1) is 23.5 Å². The van der Waals surface area contributed by atoms with Gasteiger partial charge in [-0.25, -0.2) is 4.79 Å². The third kappa shape index (κ3) is 3.09. The first-order valence-corrected chi connectivity index (χ1v) is 9.90. The minimum atomic E-state index is -1.06. The lowest BCUT2D eigenvalue weighted by Crippen LogP contribution is -2.01. The lowest BCUT2D eigenvalue weighted by Gasteiger charge is -2.15. The Morgan fingerprint density at radius 2 is 1.97 bits per heavy atom. The molecule has 7 heteroatoms. The molecule has 0 saturated carbocycles. The standard InChI is InChI=1S/C23H22ClN3O3/c1-11(2)19-20(14-9-16(25)18(30-3)10-15(14)24)22(23(28)29)27-21(19)13-5-4-6-17-12(13)7-8-26-17/h4-11,26-27H,25H2,1-3H3,(H,28,29). The molecule has 30 heavy (non-hydrogen) atoms. The van der Waals surface area contributed by atoms with E-state index in [-0.39, 0.29) is 11.6 Å². The number of ether oxygens (including phenoxy) is 1. The van der Waals surface area contributed by atoms with Gasteiger partial charge in [-0.2, -0.15) is 0 Å². The SMILES string of the molecule is COc1cc(Cl)c(-c2c(C(=O)O)[nH]c(-c3cccc4[nH]ccc34)c2C(C)C)cc1N. The van der Waals surface area contributed by atoms with Gasteiger partial charge in [0, 0.05) is 39.9 Å². The van der Waals surface area contributed by atoms with Crippen LogP contribution in [0.25, 0.3) is 33.3 Å². The van der Waals surface area contributed by atoms with Gasteiger partial charge in [0.25, 0.3) is 0 Å². The molecule has 6 nitrogen and oxygen atoms in total. The zero-order valence-electron chi connectivity index (χ0n) is 16.8. The number of aromatic amines is 2. The largest absolute Gasteiger partial charge is 0.495 e. The molecule has 2 heterocycles. The van der Waals surface area contributed by atoms with E-state index in [1.807, 2.05) is 44.3 Å². The topological polar surface area (TPSA) is 104 Å². The summed E-state index contributed by atoms with van der Waals surface area (Å²) in [5.74, 6) is -0.600. The van der Waals surface area contributed by atoms with E-state index in [0.29, 0.717) is 27.6 Å². The predicted molar refractivity (Wildman–Crippen MR) is 121 cm³/mol. The van der Waals surface area contributed by atoms with Crippen molar-refractivity contribution in [1.29, 1.82) is 0 Å². The van der Waals surface area contributed by atoms with Crippen LogP contribution in [0.15, 0.2) is 42.6 Å². The van der Waals surface area contributed by atoms with Gasteiger partial charge < -0.3 is 25.5 Å². The van der Waals surface area contributed by atoms with E-state index in [1.54, 1.807) is 12.1 Å². The van der Waals surface area contributed by atoms with Crippen molar-refractivity contribution in [3.8, 4) is 28.1 Å². The number of carboxylic acids is 1. The van der Waals surface area contributed by atoms with Crippen LogP contribution in [0, 0.1) is 0 Å². The highest BCUT2D eigenvalue weighted by molar-refractivity contribution is 6.34. The summed E-state index contributed by atoms with van der Waals surface area (Å²) in [5.41, 5.74) is 11.2. The number of H-pyrrole nitrogens is 2. The number of nitrogens with one attached hydrogen (secondary N) is 2. The van der Waals surface area contributed by atoms with Gasteiger partial charge in [0.1, 0.15) is 11.4 Å². The van der Waals surface area contributed by atoms with Crippen molar-refractivity contribution in [2.24, 2.45) is 0 Å². The number of carbonyl (C=O) groups is 1. The monoisotopic (exact) mass is 423 g/mol. The summed E-state index contributed by atoms with van der Waals surface area (Å²) in [5, 5.41) is 11.4. The summed E-state index contributed by atoms with van der Waals surface area (Å²) >= 11 is 6.55. The lowest BCUT2D eigenvalue weighted by molar-refractivity contribution is 0.0692. The number of nitrogens with two attached hydrogens (primary N) is 1. The van der Waals surface area contributed by atoms with Gasteiger partial charge in [-0.3, -0.25) is 0 Å². The van der Waals surface area contributed by atoms with E-state index in [0.717, 1.165) is 27.7 Å². The molecule has 0 aliphatic carbocycles. The Bertz CT molecular complexity index is 1270. The van der Waals surface area contributed by atoms with Crippen molar-refractivity contribution in [2.75, 3.05) is 12.8 Å². The Labute approximate surface area is 178 Å². The summed E-state index contributed by atoms with van der Waals surface area (Å²) in [6, 6.07) is 11.2. The molecular formula is C23H22ClN3O3. The number of aromatic nitrogens is 2. The van der Waals surface area contributed by atoms with E-state index >= 15 is 0 Å². The summed E-state index contributed by atoms with van der Waals surface area (Å²) in [6.07, 6.45) is 1.87. The Balaban J connectivity index is 2.09. The smallest absolute Gasteiger partial charge is 0.352 e. The van der Waals surface area contributed by atoms with E-state index < -0.39 is 5.97 Å². The molecule has 4 aromatic rings. The van der Waals surface area contributed by atoms with Crippen molar-refractivity contribution in [2.45, 2.75) is 19.8 Å². The second-order valence-corrected chi connectivity index (χ2v) is 7.85. The number of halogens is 1. The van der Waals surface area contributed by atoms with Gasteiger partial charge in [0.2, 0.25) is 0 Å². The zero-order chi connectivity index (χ0) is 21.6. The zero-order valence-corrected chi connectivity index (χ0v) is 17.6. The predicted octanol–water partition coefficient (Wildman–Crippen LogP) is 5.90. The number of nitrogen functional groups attached to an aromatic ring is 1. The molecule has 0 fully saturated rings. The molecule has 0 bridgehead atoms. The molecule has 0 spiro atoms. The number of carboxylic acid groups (broad SMARTS) is 1. The molecule has 154 valence electrons. The number of hydrogen-bond donors (Lipinski definition) is 4. The average molecular weight is 424 g/mol. The maximum atomic E-state index is 12.2. The first-order chi connectivity index (χ1) is 14.3. The first kappa shape index (κ1) is 19.9. The number of fused-ring (bicyclic) bond motifs is 1. The van der Waals surface area contributed by atoms with E-state index in [9.17, 15) is 9.90 Å². The van der Waals surface area contributed by atoms with Gasteiger partial charge in [-0.15, -0.1) is 0 Å². The molecule has 0 atom stereocenters. The third-order valence-electron chi connectivity index (χ3n) is 5.28. The second-order valence-electron chi connectivity index (χ2n) is 7.44. The van der Waals surface area contributed by atoms with Crippen molar-refractivity contribution >= 4 is 34.2 Å². The molecule has 0 unspecified atom stereocenters. The molecule has 4 rings (SSSR count). The summed E-state index contributed by atoms with van der Waals surface area (Å²) in [7, 11) is 1.51. The van der Waals surface area contributed by atoms with Gasteiger partial charge in [-0.05, 0) is 29.7 Å². The fraction of sp³-hybridized carbons (Fsp3) is 0.174. The maximum Gasteiger partial charge on any atom is 0.352 e. The van der Waals surface area contributed by atoms with Crippen LogP contribution in [0.3, 0.4) is 0 Å². The Hall–Kier alpha value is -3.38. The fourth-order valence-electron chi connectivity index (χ4n) is 3.99. The minimum absolute atomic E-state index is 0.0212. The number of benzene rings is 2.